The standard InChI is InChI=1S/C25H42O2/c1-5-6-15-27-19-11-13-24(3)18(16-19)7-8-20-22-10-9-21(17(2)26)25(22,4)14-12-23(20)24/h18-23H,5-16H2,1-4H3/t18?,19-,20?,21?,22?,23-,24-,25+/m0/s1. The van der Waals surface area contributed by atoms with Crippen LogP contribution in [0.2, 0.25) is 0 Å². The van der Waals surface area contributed by atoms with Gasteiger partial charge in [-0.05, 0) is 106 Å². The quantitative estimate of drug-likeness (QED) is 0.519. The molecule has 4 unspecified atom stereocenters. The minimum absolute atomic E-state index is 0.302. The van der Waals surface area contributed by atoms with E-state index in [9.17, 15) is 4.79 Å². The summed E-state index contributed by atoms with van der Waals surface area (Å²) in [7, 11) is 0. The number of Topliss-reactive ketones (excluding diaryl/α,β-unsaturated/α-hetero) is 1. The van der Waals surface area contributed by atoms with E-state index < -0.39 is 0 Å². The number of hydrogen-bond donors (Lipinski definition) is 0. The maximum Gasteiger partial charge on any atom is 0.133 e. The van der Waals surface area contributed by atoms with Crippen LogP contribution in [0.3, 0.4) is 0 Å². The van der Waals surface area contributed by atoms with Crippen LogP contribution in [0.15, 0.2) is 0 Å². The van der Waals surface area contributed by atoms with E-state index >= 15 is 0 Å². The molecule has 0 aromatic carbocycles. The zero-order valence-corrected chi connectivity index (χ0v) is 18.3. The largest absolute Gasteiger partial charge is 0.378 e. The molecule has 8 atom stereocenters. The summed E-state index contributed by atoms with van der Waals surface area (Å²) in [5, 5.41) is 0. The number of hydrogen-bond acceptors (Lipinski definition) is 2. The van der Waals surface area contributed by atoms with Gasteiger partial charge in [0.05, 0.1) is 6.10 Å². The van der Waals surface area contributed by atoms with Gasteiger partial charge in [-0.2, -0.15) is 0 Å². The van der Waals surface area contributed by atoms with Crippen molar-refractivity contribution >= 4 is 5.78 Å². The van der Waals surface area contributed by atoms with Crippen molar-refractivity contribution in [3.05, 3.63) is 0 Å². The third-order valence-corrected chi connectivity index (χ3v) is 9.96. The molecular formula is C25H42O2. The average Bonchev–Trinajstić information content (AvgIpc) is 2.99. The molecule has 4 fully saturated rings. The Bertz CT molecular complexity index is 557. The topological polar surface area (TPSA) is 26.3 Å². The highest BCUT2D eigenvalue weighted by molar-refractivity contribution is 5.79. The van der Waals surface area contributed by atoms with Crippen LogP contribution in [0.4, 0.5) is 0 Å². The maximum atomic E-state index is 12.3. The molecular weight excluding hydrogens is 332 g/mol. The molecule has 0 aromatic heterocycles. The van der Waals surface area contributed by atoms with Gasteiger partial charge < -0.3 is 4.74 Å². The van der Waals surface area contributed by atoms with Crippen molar-refractivity contribution in [3.8, 4) is 0 Å². The monoisotopic (exact) mass is 374 g/mol. The minimum atomic E-state index is 0.302. The van der Waals surface area contributed by atoms with Crippen LogP contribution < -0.4 is 0 Å². The molecule has 4 rings (SSSR count). The molecule has 0 N–H and O–H groups in total. The van der Waals surface area contributed by atoms with Crippen molar-refractivity contribution in [1.82, 2.24) is 0 Å². The number of carbonyl (C=O) groups is 1. The Labute approximate surface area is 167 Å². The third kappa shape index (κ3) is 3.22. The second kappa shape index (κ2) is 7.47. The Hall–Kier alpha value is -0.370. The molecule has 4 aliphatic carbocycles. The molecule has 0 heterocycles. The van der Waals surface area contributed by atoms with Crippen LogP contribution in [-0.4, -0.2) is 18.5 Å². The summed E-state index contributed by atoms with van der Waals surface area (Å²) in [6.45, 7) is 10.2. The van der Waals surface area contributed by atoms with E-state index in [1.807, 2.05) is 6.92 Å². The zero-order valence-electron chi connectivity index (χ0n) is 18.3. The predicted molar refractivity (Wildman–Crippen MR) is 111 cm³/mol. The Morgan fingerprint density at radius 1 is 0.963 bits per heavy atom. The molecule has 0 spiro atoms. The SMILES string of the molecule is CCCCO[C@H]1CC[C@@]2(C)C(CCC3C4CCC(C(C)=O)[C@@]4(C)CC[C@@H]32)C1. The van der Waals surface area contributed by atoms with Crippen LogP contribution in [0, 0.1) is 40.4 Å². The minimum Gasteiger partial charge on any atom is -0.378 e. The number of ketones is 1. The van der Waals surface area contributed by atoms with Crippen molar-refractivity contribution in [2.45, 2.75) is 104 Å². The molecule has 4 aliphatic rings. The van der Waals surface area contributed by atoms with Gasteiger partial charge in [0.15, 0.2) is 0 Å². The molecule has 0 amide bonds. The Kier molecular flexibility index (Phi) is 5.51. The number of unbranched alkanes of at least 4 members (excludes halogenated alkanes) is 1. The molecule has 2 heteroatoms. The molecule has 0 radical (unpaired) electrons. The lowest BCUT2D eigenvalue weighted by Crippen LogP contribution is -2.54. The van der Waals surface area contributed by atoms with Gasteiger partial charge >= 0.3 is 0 Å². The molecule has 4 saturated carbocycles. The maximum absolute atomic E-state index is 12.3. The van der Waals surface area contributed by atoms with Crippen LogP contribution in [0.5, 0.6) is 0 Å². The molecule has 0 bridgehead atoms. The summed E-state index contributed by atoms with van der Waals surface area (Å²) in [6.07, 6.45) is 14.9. The van der Waals surface area contributed by atoms with Gasteiger partial charge in [-0.15, -0.1) is 0 Å². The van der Waals surface area contributed by atoms with E-state index in [1.54, 1.807) is 0 Å². The third-order valence-electron chi connectivity index (χ3n) is 9.96. The highest BCUT2D eigenvalue weighted by atomic mass is 16.5. The Morgan fingerprint density at radius 2 is 1.70 bits per heavy atom. The first kappa shape index (κ1) is 19.9. The van der Waals surface area contributed by atoms with Crippen LogP contribution in [-0.2, 0) is 9.53 Å². The lowest BCUT2D eigenvalue weighted by molar-refractivity contribution is -0.142. The Balaban J connectivity index is 1.47. The van der Waals surface area contributed by atoms with E-state index in [1.165, 1.54) is 64.2 Å². The van der Waals surface area contributed by atoms with Crippen LogP contribution in [0.1, 0.15) is 98.3 Å². The van der Waals surface area contributed by atoms with Gasteiger partial charge in [-0.3, -0.25) is 4.79 Å². The van der Waals surface area contributed by atoms with Gasteiger partial charge in [0.1, 0.15) is 5.78 Å². The van der Waals surface area contributed by atoms with E-state index in [-0.39, 0.29) is 0 Å². The summed E-state index contributed by atoms with van der Waals surface area (Å²) in [5.41, 5.74) is 0.833. The summed E-state index contributed by atoms with van der Waals surface area (Å²) < 4.78 is 6.24. The summed E-state index contributed by atoms with van der Waals surface area (Å²) in [6, 6.07) is 0. The second-order valence-corrected chi connectivity index (χ2v) is 11.1. The first-order valence-electron chi connectivity index (χ1n) is 12.0. The van der Waals surface area contributed by atoms with Crippen LogP contribution >= 0.6 is 0 Å². The molecule has 2 nitrogen and oxygen atoms in total. The first-order chi connectivity index (χ1) is 12.9. The summed E-state index contributed by atoms with van der Waals surface area (Å²) in [4.78, 5) is 12.3. The average molecular weight is 375 g/mol. The predicted octanol–water partition coefficient (Wildman–Crippen LogP) is 6.42. The lowest BCUT2D eigenvalue weighted by atomic mass is 9.44. The lowest BCUT2D eigenvalue weighted by Gasteiger charge is -2.61. The van der Waals surface area contributed by atoms with Crippen molar-refractivity contribution < 1.29 is 9.53 Å². The van der Waals surface area contributed by atoms with Crippen molar-refractivity contribution in [2.24, 2.45) is 40.4 Å². The molecule has 0 aliphatic heterocycles. The van der Waals surface area contributed by atoms with E-state index in [4.69, 9.17) is 4.74 Å². The fourth-order valence-corrected chi connectivity index (χ4v) is 8.43. The fourth-order valence-electron chi connectivity index (χ4n) is 8.43. The smallest absolute Gasteiger partial charge is 0.133 e. The van der Waals surface area contributed by atoms with Crippen molar-refractivity contribution in [1.29, 1.82) is 0 Å². The highest BCUT2D eigenvalue weighted by Crippen LogP contribution is 2.67. The second-order valence-electron chi connectivity index (χ2n) is 11.1. The Morgan fingerprint density at radius 3 is 2.44 bits per heavy atom. The van der Waals surface area contributed by atoms with Gasteiger partial charge in [0, 0.05) is 12.5 Å². The fraction of sp³-hybridized carbons (Fsp3) is 0.960. The normalized spacial score (nSPS) is 49.2. The highest BCUT2D eigenvalue weighted by Gasteiger charge is 2.60. The van der Waals surface area contributed by atoms with Crippen molar-refractivity contribution in [2.75, 3.05) is 6.61 Å². The summed E-state index contributed by atoms with van der Waals surface area (Å²) in [5.74, 6) is 4.26. The number of carbonyl (C=O) groups excluding carboxylic acids is 1. The van der Waals surface area contributed by atoms with E-state index in [0.717, 1.165) is 36.7 Å². The van der Waals surface area contributed by atoms with E-state index in [2.05, 4.69) is 20.8 Å². The molecule has 0 saturated heterocycles. The number of ether oxygens (including phenoxy) is 1. The number of fused-ring (bicyclic) bond motifs is 5. The van der Waals surface area contributed by atoms with Gasteiger partial charge in [0.2, 0.25) is 0 Å². The summed E-state index contributed by atoms with van der Waals surface area (Å²) >= 11 is 0. The molecule has 27 heavy (non-hydrogen) atoms. The van der Waals surface area contributed by atoms with Crippen molar-refractivity contribution in [3.63, 3.8) is 0 Å². The van der Waals surface area contributed by atoms with Gasteiger partial charge in [-0.1, -0.05) is 27.2 Å². The molecule has 0 aromatic rings. The first-order valence-corrected chi connectivity index (χ1v) is 12.0. The van der Waals surface area contributed by atoms with Gasteiger partial charge in [-0.25, -0.2) is 0 Å². The molecule has 154 valence electrons. The zero-order chi connectivity index (χ0) is 19.2. The van der Waals surface area contributed by atoms with Gasteiger partial charge in [0.25, 0.3) is 0 Å². The van der Waals surface area contributed by atoms with E-state index in [0.29, 0.717) is 28.6 Å². The van der Waals surface area contributed by atoms with Crippen LogP contribution in [0.25, 0.3) is 0 Å². The number of rotatable bonds is 5.